The van der Waals surface area contributed by atoms with Crippen LogP contribution >= 0.6 is 11.3 Å². The first-order valence-electron chi connectivity index (χ1n) is 11.1. The number of hydrogen-bond acceptors (Lipinski definition) is 9. The first-order valence-corrected chi connectivity index (χ1v) is 13.5. The smallest absolute Gasteiger partial charge is 0.268 e. The van der Waals surface area contributed by atoms with E-state index < -0.39 is 15.7 Å². The summed E-state index contributed by atoms with van der Waals surface area (Å²) < 4.78 is 35.7. The molecule has 1 amide bonds. The van der Waals surface area contributed by atoms with Gasteiger partial charge in [-0.3, -0.25) is 10.1 Å². The molecule has 1 aromatic heterocycles. The molecule has 9 nitrogen and oxygen atoms in total. The SMILES string of the molecule is Cc1cccc(OCCOc2ccc(/C=C(/C#N)C(=O)Nc3nnc(S(=O)(=O)CC(C)C)s3)cc2)c1. The summed E-state index contributed by atoms with van der Waals surface area (Å²) in [6.45, 7) is 6.30. The van der Waals surface area contributed by atoms with Crippen molar-refractivity contribution in [3.63, 3.8) is 0 Å². The standard InChI is InChI=1S/C25H26N4O5S2/c1-17(2)16-36(31,32)25-29-28-24(35-25)27-23(30)20(15-26)14-19-7-9-21(10-8-19)33-11-12-34-22-6-4-5-18(3)13-22/h4-10,13-14,17H,11-12,16H2,1-3H3,(H,27,28,30)/b20-14-. The van der Waals surface area contributed by atoms with Crippen LogP contribution < -0.4 is 14.8 Å². The molecule has 2 aromatic carbocycles. The minimum absolute atomic E-state index is 0.000103. The van der Waals surface area contributed by atoms with Gasteiger partial charge in [-0.05, 0) is 54.3 Å². The van der Waals surface area contributed by atoms with Gasteiger partial charge < -0.3 is 9.47 Å². The Morgan fingerprint density at radius 1 is 1.11 bits per heavy atom. The lowest BCUT2D eigenvalue weighted by Crippen LogP contribution is -2.13. The Bertz CT molecular complexity index is 1370. The lowest BCUT2D eigenvalue weighted by atomic mass is 10.1. The number of amides is 1. The average Bonchev–Trinajstić information content (AvgIpc) is 3.30. The predicted molar refractivity (Wildman–Crippen MR) is 138 cm³/mol. The van der Waals surface area contributed by atoms with Crippen molar-refractivity contribution in [2.24, 2.45) is 5.92 Å². The maximum atomic E-state index is 12.5. The van der Waals surface area contributed by atoms with Gasteiger partial charge in [-0.1, -0.05) is 49.4 Å². The van der Waals surface area contributed by atoms with Gasteiger partial charge in [0.1, 0.15) is 36.4 Å². The number of nitriles is 1. The number of ether oxygens (including phenoxy) is 2. The monoisotopic (exact) mass is 526 g/mol. The van der Waals surface area contributed by atoms with Gasteiger partial charge in [-0.2, -0.15) is 5.26 Å². The van der Waals surface area contributed by atoms with Gasteiger partial charge in [0.25, 0.3) is 5.91 Å². The highest BCUT2D eigenvalue weighted by Crippen LogP contribution is 2.23. The highest BCUT2D eigenvalue weighted by atomic mass is 32.2. The summed E-state index contributed by atoms with van der Waals surface area (Å²) in [6.07, 6.45) is 1.41. The summed E-state index contributed by atoms with van der Waals surface area (Å²) in [5, 5.41) is 19.2. The summed E-state index contributed by atoms with van der Waals surface area (Å²) in [5.41, 5.74) is 1.56. The second-order valence-electron chi connectivity index (χ2n) is 8.25. The van der Waals surface area contributed by atoms with Crippen LogP contribution in [0.3, 0.4) is 0 Å². The van der Waals surface area contributed by atoms with Crippen molar-refractivity contribution in [1.82, 2.24) is 10.2 Å². The first-order chi connectivity index (χ1) is 17.2. The average molecular weight is 527 g/mol. The molecule has 0 saturated carbocycles. The van der Waals surface area contributed by atoms with E-state index in [1.165, 1.54) is 6.08 Å². The Morgan fingerprint density at radius 2 is 1.81 bits per heavy atom. The van der Waals surface area contributed by atoms with Crippen LogP contribution in [-0.2, 0) is 14.6 Å². The van der Waals surface area contributed by atoms with E-state index in [2.05, 4.69) is 15.5 Å². The van der Waals surface area contributed by atoms with E-state index in [-0.39, 0.29) is 26.7 Å². The maximum absolute atomic E-state index is 12.5. The third-order valence-electron chi connectivity index (χ3n) is 4.61. The van der Waals surface area contributed by atoms with Gasteiger partial charge in [-0.15, -0.1) is 10.2 Å². The number of hydrogen-bond donors (Lipinski definition) is 1. The zero-order valence-electron chi connectivity index (χ0n) is 20.1. The number of nitrogens with one attached hydrogen (secondary N) is 1. The van der Waals surface area contributed by atoms with E-state index in [0.717, 1.165) is 22.6 Å². The Hall–Kier alpha value is -3.75. The molecule has 1 N–H and O–H groups in total. The molecule has 3 aromatic rings. The molecule has 36 heavy (non-hydrogen) atoms. The number of nitrogens with zero attached hydrogens (tertiary/aromatic N) is 3. The molecule has 1 heterocycles. The lowest BCUT2D eigenvalue weighted by Gasteiger charge is -2.09. The minimum atomic E-state index is -3.58. The molecule has 188 valence electrons. The quantitative estimate of drug-likeness (QED) is 0.169. The number of sulfone groups is 1. The summed E-state index contributed by atoms with van der Waals surface area (Å²) in [5.74, 6) is 0.539. The van der Waals surface area contributed by atoms with Gasteiger partial charge in [0.2, 0.25) is 19.3 Å². The summed E-state index contributed by atoms with van der Waals surface area (Å²) in [7, 11) is -3.58. The lowest BCUT2D eigenvalue weighted by molar-refractivity contribution is -0.112. The summed E-state index contributed by atoms with van der Waals surface area (Å²) in [4.78, 5) is 12.5. The number of rotatable bonds is 11. The van der Waals surface area contributed by atoms with Gasteiger partial charge in [-0.25, -0.2) is 8.42 Å². The molecule has 0 bridgehead atoms. The van der Waals surface area contributed by atoms with Gasteiger partial charge in [0, 0.05) is 0 Å². The zero-order chi connectivity index (χ0) is 26.1. The van der Waals surface area contributed by atoms with Crippen molar-refractivity contribution < 1.29 is 22.7 Å². The molecule has 11 heteroatoms. The highest BCUT2D eigenvalue weighted by molar-refractivity contribution is 7.93. The van der Waals surface area contributed by atoms with E-state index in [4.69, 9.17) is 9.47 Å². The number of anilines is 1. The fourth-order valence-corrected chi connectivity index (χ4v) is 5.67. The Balaban J connectivity index is 1.55. The Morgan fingerprint density at radius 3 is 2.44 bits per heavy atom. The number of carbonyl (C=O) groups excluding carboxylic acids is 1. The molecule has 0 unspecified atom stereocenters. The highest BCUT2D eigenvalue weighted by Gasteiger charge is 2.22. The predicted octanol–water partition coefficient (Wildman–Crippen LogP) is 4.28. The van der Waals surface area contributed by atoms with E-state index in [1.54, 1.807) is 38.1 Å². The van der Waals surface area contributed by atoms with Crippen molar-refractivity contribution in [3.05, 3.63) is 65.2 Å². The number of aryl methyl sites for hydroxylation is 1. The molecule has 0 aliphatic heterocycles. The third-order valence-corrected chi connectivity index (χ3v) is 7.98. The first kappa shape index (κ1) is 26.8. The van der Waals surface area contributed by atoms with Crippen molar-refractivity contribution in [2.75, 3.05) is 24.3 Å². The second kappa shape index (κ2) is 12.3. The number of benzene rings is 2. The Labute approximate surface area is 214 Å². The number of carbonyl (C=O) groups is 1. The largest absolute Gasteiger partial charge is 0.490 e. The fraction of sp³-hybridized carbons (Fsp3) is 0.280. The van der Waals surface area contributed by atoms with Crippen molar-refractivity contribution in [2.45, 2.75) is 25.1 Å². The van der Waals surface area contributed by atoms with Crippen LogP contribution in [0.5, 0.6) is 11.5 Å². The molecule has 0 aliphatic rings. The molecular weight excluding hydrogens is 500 g/mol. The van der Waals surface area contributed by atoms with Crippen molar-refractivity contribution in [1.29, 1.82) is 5.26 Å². The summed E-state index contributed by atoms with van der Waals surface area (Å²) >= 11 is 0.749. The van der Waals surface area contributed by atoms with Crippen LogP contribution in [0.2, 0.25) is 0 Å². The van der Waals surface area contributed by atoms with E-state index in [1.807, 2.05) is 37.3 Å². The molecule has 0 radical (unpaired) electrons. The van der Waals surface area contributed by atoms with Crippen LogP contribution in [0.15, 0.2) is 58.4 Å². The Kier molecular flexibility index (Phi) is 9.16. The molecule has 0 atom stereocenters. The molecule has 3 rings (SSSR count). The van der Waals surface area contributed by atoms with Crippen LogP contribution in [0.4, 0.5) is 5.13 Å². The topological polar surface area (TPSA) is 131 Å². The van der Waals surface area contributed by atoms with Crippen LogP contribution in [0, 0.1) is 24.2 Å². The van der Waals surface area contributed by atoms with Crippen molar-refractivity contribution >= 4 is 38.3 Å². The normalized spacial score (nSPS) is 11.7. The van der Waals surface area contributed by atoms with Gasteiger partial charge >= 0.3 is 0 Å². The molecular formula is C25H26N4O5S2. The van der Waals surface area contributed by atoms with E-state index in [9.17, 15) is 18.5 Å². The van der Waals surface area contributed by atoms with Crippen LogP contribution in [0.25, 0.3) is 6.08 Å². The molecule has 0 aliphatic carbocycles. The molecule has 0 fully saturated rings. The van der Waals surface area contributed by atoms with E-state index >= 15 is 0 Å². The minimum Gasteiger partial charge on any atom is -0.490 e. The molecule has 0 spiro atoms. The van der Waals surface area contributed by atoms with Crippen LogP contribution in [0.1, 0.15) is 25.0 Å². The van der Waals surface area contributed by atoms with Gasteiger partial charge in [0.15, 0.2) is 0 Å². The second-order valence-corrected chi connectivity index (χ2v) is 11.4. The molecule has 0 saturated heterocycles. The van der Waals surface area contributed by atoms with Crippen molar-refractivity contribution in [3.8, 4) is 17.6 Å². The maximum Gasteiger partial charge on any atom is 0.268 e. The van der Waals surface area contributed by atoms with Gasteiger partial charge in [0.05, 0.1) is 5.75 Å². The summed E-state index contributed by atoms with van der Waals surface area (Å²) in [6, 6.07) is 16.5. The third kappa shape index (κ3) is 7.90. The van der Waals surface area contributed by atoms with E-state index in [0.29, 0.717) is 24.5 Å². The zero-order valence-corrected chi connectivity index (χ0v) is 21.7. The van der Waals surface area contributed by atoms with Crippen LogP contribution in [-0.4, -0.2) is 43.5 Å². The fourth-order valence-electron chi connectivity index (χ4n) is 3.06. The number of aromatic nitrogens is 2.